The number of aliphatic hydroxyl groups is 2. The van der Waals surface area contributed by atoms with E-state index in [9.17, 15) is 25.5 Å². The first-order valence-electron chi connectivity index (χ1n) is 8.07. The van der Waals surface area contributed by atoms with Crippen molar-refractivity contribution >= 4 is 0 Å². The van der Waals surface area contributed by atoms with E-state index in [0.29, 0.717) is 18.6 Å². The maximum absolute atomic E-state index is 9.77. The van der Waals surface area contributed by atoms with Crippen LogP contribution >= 0.6 is 0 Å². The third-order valence-electron chi connectivity index (χ3n) is 4.42. The molecule has 6 heteroatoms. The largest absolute Gasteiger partial charge is 0.504 e. The van der Waals surface area contributed by atoms with E-state index in [1.165, 1.54) is 25.3 Å². The smallest absolute Gasteiger partial charge is 0.160 e. The highest BCUT2D eigenvalue weighted by molar-refractivity contribution is 5.42. The van der Waals surface area contributed by atoms with Gasteiger partial charge < -0.3 is 30.3 Å². The van der Waals surface area contributed by atoms with Crippen molar-refractivity contribution in [2.45, 2.75) is 12.8 Å². The van der Waals surface area contributed by atoms with Crippen molar-refractivity contribution < 1.29 is 30.3 Å². The summed E-state index contributed by atoms with van der Waals surface area (Å²) in [6.45, 7) is -0.236. The van der Waals surface area contributed by atoms with Gasteiger partial charge in [-0.3, -0.25) is 0 Å². The lowest BCUT2D eigenvalue weighted by molar-refractivity contribution is 0.119. The monoisotopic (exact) mass is 348 g/mol. The molecule has 0 aliphatic heterocycles. The summed E-state index contributed by atoms with van der Waals surface area (Å²) in [6, 6.07) is 9.53. The van der Waals surface area contributed by atoms with Gasteiger partial charge in [0.05, 0.1) is 7.11 Å². The van der Waals surface area contributed by atoms with Crippen LogP contribution in [0.4, 0.5) is 0 Å². The number of hydrogen-bond donors (Lipinski definition) is 5. The highest BCUT2D eigenvalue weighted by atomic mass is 16.5. The minimum atomic E-state index is -0.228. The predicted molar refractivity (Wildman–Crippen MR) is 93.0 cm³/mol. The highest BCUT2D eigenvalue weighted by Gasteiger charge is 2.22. The van der Waals surface area contributed by atoms with Gasteiger partial charge in [0, 0.05) is 13.2 Å². The van der Waals surface area contributed by atoms with Gasteiger partial charge in [0.15, 0.2) is 23.0 Å². The van der Waals surface area contributed by atoms with Crippen molar-refractivity contribution in [3.63, 3.8) is 0 Å². The van der Waals surface area contributed by atoms with E-state index in [1.54, 1.807) is 18.2 Å². The van der Waals surface area contributed by atoms with Crippen molar-refractivity contribution in [3.05, 3.63) is 47.5 Å². The van der Waals surface area contributed by atoms with Crippen molar-refractivity contribution in [1.29, 1.82) is 0 Å². The number of methoxy groups -OCH3 is 1. The first-order chi connectivity index (χ1) is 12.0. The molecule has 0 unspecified atom stereocenters. The fourth-order valence-electron chi connectivity index (χ4n) is 2.91. The van der Waals surface area contributed by atoms with Gasteiger partial charge in [-0.2, -0.15) is 0 Å². The number of aliphatic hydroxyl groups excluding tert-OH is 2. The molecular weight excluding hydrogens is 324 g/mol. The molecule has 0 aliphatic carbocycles. The minimum absolute atomic E-state index is 0.0464. The zero-order valence-electron chi connectivity index (χ0n) is 14.1. The molecule has 0 amide bonds. The van der Waals surface area contributed by atoms with Gasteiger partial charge >= 0.3 is 0 Å². The summed E-state index contributed by atoms with van der Waals surface area (Å²) in [5, 5.41) is 48.2. The highest BCUT2D eigenvalue weighted by Crippen LogP contribution is 2.30. The Labute approximate surface area is 146 Å². The molecule has 0 bridgehead atoms. The molecule has 2 atom stereocenters. The van der Waals surface area contributed by atoms with E-state index in [0.717, 1.165) is 11.1 Å². The van der Waals surface area contributed by atoms with Gasteiger partial charge in [-0.25, -0.2) is 0 Å². The lowest BCUT2D eigenvalue weighted by atomic mass is 9.83. The zero-order valence-corrected chi connectivity index (χ0v) is 14.1. The van der Waals surface area contributed by atoms with E-state index < -0.39 is 0 Å². The Balaban J connectivity index is 2.14. The zero-order chi connectivity index (χ0) is 18.4. The van der Waals surface area contributed by atoms with Gasteiger partial charge in [-0.1, -0.05) is 12.1 Å². The molecule has 0 spiro atoms. The van der Waals surface area contributed by atoms with Crippen molar-refractivity contribution in [3.8, 4) is 23.0 Å². The fraction of sp³-hybridized carbons (Fsp3) is 0.368. The number of aromatic hydroxyl groups is 3. The summed E-state index contributed by atoms with van der Waals surface area (Å²) in [7, 11) is 1.47. The Bertz CT molecular complexity index is 700. The predicted octanol–water partition coefficient (Wildman–Crippen LogP) is 1.81. The van der Waals surface area contributed by atoms with Crippen LogP contribution in [0.1, 0.15) is 11.1 Å². The second-order valence-electron chi connectivity index (χ2n) is 6.12. The van der Waals surface area contributed by atoms with E-state index in [1.807, 2.05) is 0 Å². The van der Waals surface area contributed by atoms with Crippen LogP contribution in [0.3, 0.4) is 0 Å². The summed E-state index contributed by atoms with van der Waals surface area (Å²) in [4.78, 5) is 0. The Hall–Kier alpha value is -2.44. The van der Waals surface area contributed by atoms with Crippen LogP contribution in [0.15, 0.2) is 36.4 Å². The van der Waals surface area contributed by atoms with Gasteiger partial charge in [0.1, 0.15) is 0 Å². The lowest BCUT2D eigenvalue weighted by Gasteiger charge is -2.24. The summed E-state index contributed by atoms with van der Waals surface area (Å²) in [5.41, 5.74) is 1.64. The second-order valence-corrected chi connectivity index (χ2v) is 6.12. The first kappa shape index (κ1) is 18.9. The van der Waals surface area contributed by atoms with Crippen molar-refractivity contribution in [1.82, 2.24) is 0 Å². The third-order valence-corrected chi connectivity index (χ3v) is 4.42. The second kappa shape index (κ2) is 8.60. The van der Waals surface area contributed by atoms with Crippen LogP contribution in [0.5, 0.6) is 23.0 Å². The Morgan fingerprint density at radius 3 is 1.76 bits per heavy atom. The molecule has 2 rings (SSSR count). The van der Waals surface area contributed by atoms with Crippen LogP contribution in [0.25, 0.3) is 0 Å². The maximum Gasteiger partial charge on any atom is 0.160 e. The number of rotatable bonds is 8. The van der Waals surface area contributed by atoms with Gasteiger partial charge in [0.2, 0.25) is 0 Å². The van der Waals surface area contributed by atoms with E-state index in [2.05, 4.69) is 0 Å². The quantitative estimate of drug-likeness (QED) is 0.466. The molecule has 25 heavy (non-hydrogen) atoms. The number of benzene rings is 2. The van der Waals surface area contributed by atoms with Crippen LogP contribution in [0, 0.1) is 11.8 Å². The molecule has 0 saturated heterocycles. The SMILES string of the molecule is COc1cc(C[C@H](CO)[C@@H](CO)Cc2ccc(O)c(O)c2)ccc1O. The summed E-state index contributed by atoms with van der Waals surface area (Å²) < 4.78 is 5.09. The molecule has 2 aromatic rings. The summed E-state index contributed by atoms with van der Waals surface area (Å²) >= 11 is 0. The number of phenolic OH excluding ortho intramolecular Hbond substituents is 3. The summed E-state index contributed by atoms with van der Waals surface area (Å²) in [6.07, 6.45) is 0.952. The van der Waals surface area contributed by atoms with E-state index >= 15 is 0 Å². The maximum atomic E-state index is 9.77. The molecule has 0 heterocycles. The number of hydrogen-bond acceptors (Lipinski definition) is 6. The Morgan fingerprint density at radius 1 is 0.760 bits per heavy atom. The standard InChI is InChI=1S/C19H24O6/c1-25-19-9-13(3-5-17(19)23)7-15(11-21)14(10-20)6-12-2-4-16(22)18(24)8-12/h2-5,8-9,14-15,20-24H,6-7,10-11H2,1H3/t14-,15-/m1/s1. The molecule has 0 radical (unpaired) electrons. The number of ether oxygens (including phenoxy) is 1. The van der Waals surface area contributed by atoms with Crippen molar-refractivity contribution in [2.75, 3.05) is 20.3 Å². The molecule has 6 nitrogen and oxygen atoms in total. The fourth-order valence-corrected chi connectivity index (χ4v) is 2.91. The Morgan fingerprint density at radius 2 is 1.28 bits per heavy atom. The number of phenols is 3. The topological polar surface area (TPSA) is 110 Å². The van der Waals surface area contributed by atoms with Gasteiger partial charge in [-0.05, 0) is 60.1 Å². The van der Waals surface area contributed by atoms with Crippen LogP contribution in [0.2, 0.25) is 0 Å². The first-order valence-corrected chi connectivity index (χ1v) is 8.07. The van der Waals surface area contributed by atoms with Crippen LogP contribution in [-0.4, -0.2) is 45.9 Å². The lowest BCUT2D eigenvalue weighted by Crippen LogP contribution is -2.26. The molecule has 0 saturated carbocycles. The third kappa shape index (κ3) is 4.78. The van der Waals surface area contributed by atoms with Crippen LogP contribution < -0.4 is 4.74 Å². The van der Waals surface area contributed by atoms with Gasteiger partial charge in [-0.15, -0.1) is 0 Å². The molecule has 136 valence electrons. The normalized spacial score (nSPS) is 13.4. The van der Waals surface area contributed by atoms with Gasteiger partial charge in [0.25, 0.3) is 0 Å². The molecule has 0 aliphatic rings. The molecule has 0 fully saturated rings. The molecule has 2 aromatic carbocycles. The molecule has 5 N–H and O–H groups in total. The van der Waals surface area contributed by atoms with Crippen LogP contribution in [-0.2, 0) is 12.8 Å². The van der Waals surface area contributed by atoms with Crippen molar-refractivity contribution in [2.24, 2.45) is 11.8 Å². The molecule has 0 aromatic heterocycles. The van der Waals surface area contributed by atoms with E-state index in [-0.39, 0.29) is 42.3 Å². The minimum Gasteiger partial charge on any atom is -0.504 e. The average molecular weight is 348 g/mol. The summed E-state index contributed by atoms with van der Waals surface area (Å²) in [5.74, 6) is -0.440. The van der Waals surface area contributed by atoms with E-state index in [4.69, 9.17) is 4.74 Å². The average Bonchev–Trinajstić information content (AvgIpc) is 2.62. The molecular formula is C19H24O6. The Kier molecular flexibility index (Phi) is 6.50.